The van der Waals surface area contributed by atoms with Gasteiger partial charge in [-0.1, -0.05) is 37.6 Å². The zero-order valence-electron chi connectivity index (χ0n) is 8.42. The zero-order chi connectivity index (χ0) is 9.10. The second-order valence-electron chi connectivity index (χ2n) is 4.05. The molecule has 0 saturated carbocycles. The van der Waals surface area contributed by atoms with E-state index in [1.54, 1.807) is 11.1 Å². The lowest BCUT2D eigenvalue weighted by molar-refractivity contribution is 0.553. The third-order valence-electron chi connectivity index (χ3n) is 3.07. The van der Waals surface area contributed by atoms with Crippen LogP contribution < -0.4 is 0 Å². The van der Waals surface area contributed by atoms with Crippen molar-refractivity contribution in [3.63, 3.8) is 0 Å². The molecule has 0 spiro atoms. The Hall–Kier alpha value is -0.780. The van der Waals surface area contributed by atoms with Crippen LogP contribution in [0.4, 0.5) is 0 Å². The van der Waals surface area contributed by atoms with Gasteiger partial charge < -0.3 is 0 Å². The Morgan fingerprint density at radius 3 is 3.08 bits per heavy atom. The lowest BCUT2D eigenvalue weighted by Gasteiger charge is -2.25. The van der Waals surface area contributed by atoms with Crippen molar-refractivity contribution in [2.24, 2.45) is 5.92 Å². The monoisotopic (exact) mass is 174 g/mol. The summed E-state index contributed by atoms with van der Waals surface area (Å²) in [6, 6.07) is 0. The molecule has 0 N–H and O–H groups in total. The summed E-state index contributed by atoms with van der Waals surface area (Å²) in [7, 11) is 0. The van der Waals surface area contributed by atoms with Crippen LogP contribution in [0.5, 0.6) is 0 Å². The highest BCUT2D eigenvalue weighted by Crippen LogP contribution is 2.34. The van der Waals surface area contributed by atoms with Crippen LogP contribution in [0.2, 0.25) is 0 Å². The van der Waals surface area contributed by atoms with Crippen LogP contribution in [0.15, 0.2) is 35.5 Å². The van der Waals surface area contributed by atoms with Gasteiger partial charge in [-0.15, -0.1) is 0 Å². The Bertz CT molecular complexity index is 266. The quantitative estimate of drug-likeness (QED) is 0.593. The lowest BCUT2D eigenvalue weighted by Crippen LogP contribution is -2.09. The molecule has 0 aromatic rings. The van der Waals surface area contributed by atoms with Crippen LogP contribution in [0, 0.1) is 5.92 Å². The van der Waals surface area contributed by atoms with E-state index >= 15 is 0 Å². The van der Waals surface area contributed by atoms with Crippen LogP contribution in [-0.2, 0) is 0 Å². The molecule has 1 unspecified atom stereocenters. The van der Waals surface area contributed by atoms with Gasteiger partial charge in [-0.25, -0.2) is 0 Å². The Balaban J connectivity index is 2.20. The van der Waals surface area contributed by atoms with Gasteiger partial charge in [-0.05, 0) is 42.7 Å². The molecule has 0 aromatic carbocycles. The van der Waals surface area contributed by atoms with Crippen molar-refractivity contribution >= 4 is 0 Å². The molecule has 0 heterocycles. The average Bonchev–Trinajstić information content (AvgIpc) is 2.19. The molecule has 0 radical (unpaired) electrons. The van der Waals surface area contributed by atoms with Gasteiger partial charge in [-0.2, -0.15) is 0 Å². The molecular formula is C13H18. The molecule has 0 heteroatoms. The predicted octanol–water partition coefficient (Wildman–Crippen LogP) is 4.01. The maximum Gasteiger partial charge on any atom is -0.0125 e. The van der Waals surface area contributed by atoms with E-state index in [-0.39, 0.29) is 0 Å². The minimum absolute atomic E-state index is 0.821. The van der Waals surface area contributed by atoms with Crippen LogP contribution in [0.25, 0.3) is 0 Å². The van der Waals surface area contributed by atoms with E-state index in [0.717, 1.165) is 5.92 Å². The fourth-order valence-electron chi connectivity index (χ4n) is 2.40. The molecule has 70 valence electrons. The zero-order valence-corrected chi connectivity index (χ0v) is 8.42. The smallest absolute Gasteiger partial charge is 0.0125 e. The minimum atomic E-state index is 0.821. The SMILES string of the molecule is CCCC1CC=CC2=C1C=CCC2. The number of hydrogen-bond donors (Lipinski definition) is 0. The van der Waals surface area contributed by atoms with Gasteiger partial charge in [0.15, 0.2) is 0 Å². The van der Waals surface area contributed by atoms with Crippen LogP contribution in [0.1, 0.15) is 39.0 Å². The third-order valence-corrected chi connectivity index (χ3v) is 3.07. The topological polar surface area (TPSA) is 0 Å². The minimum Gasteiger partial charge on any atom is -0.0839 e. The fraction of sp³-hybridized carbons (Fsp3) is 0.538. The Labute approximate surface area is 81.0 Å². The highest BCUT2D eigenvalue weighted by molar-refractivity contribution is 5.40. The molecule has 0 amide bonds. The largest absolute Gasteiger partial charge is 0.0839 e. The number of hydrogen-bond acceptors (Lipinski definition) is 0. The molecule has 0 bridgehead atoms. The summed E-state index contributed by atoms with van der Waals surface area (Å²) in [6.45, 7) is 2.28. The highest BCUT2D eigenvalue weighted by atomic mass is 14.2. The Morgan fingerprint density at radius 2 is 2.23 bits per heavy atom. The molecule has 0 nitrogen and oxygen atoms in total. The van der Waals surface area contributed by atoms with E-state index < -0.39 is 0 Å². The first-order valence-electron chi connectivity index (χ1n) is 5.48. The van der Waals surface area contributed by atoms with Gasteiger partial charge in [0, 0.05) is 0 Å². The van der Waals surface area contributed by atoms with Crippen molar-refractivity contribution in [3.05, 3.63) is 35.5 Å². The third kappa shape index (κ3) is 1.77. The second kappa shape index (κ2) is 3.95. The maximum atomic E-state index is 2.36. The lowest BCUT2D eigenvalue weighted by atomic mass is 9.80. The first-order valence-corrected chi connectivity index (χ1v) is 5.48. The molecule has 0 fully saturated rings. The molecule has 2 rings (SSSR count). The van der Waals surface area contributed by atoms with E-state index in [9.17, 15) is 0 Å². The predicted molar refractivity (Wildman–Crippen MR) is 57.6 cm³/mol. The van der Waals surface area contributed by atoms with Crippen LogP contribution >= 0.6 is 0 Å². The van der Waals surface area contributed by atoms with Gasteiger partial charge in [-0.3, -0.25) is 0 Å². The van der Waals surface area contributed by atoms with Crippen LogP contribution in [-0.4, -0.2) is 0 Å². The average molecular weight is 174 g/mol. The van der Waals surface area contributed by atoms with Gasteiger partial charge in [0.25, 0.3) is 0 Å². The Morgan fingerprint density at radius 1 is 1.31 bits per heavy atom. The van der Waals surface area contributed by atoms with Gasteiger partial charge in [0.2, 0.25) is 0 Å². The molecule has 2 aliphatic carbocycles. The van der Waals surface area contributed by atoms with Crippen molar-refractivity contribution in [2.45, 2.75) is 39.0 Å². The first-order chi connectivity index (χ1) is 6.42. The Kier molecular flexibility index (Phi) is 2.68. The standard InChI is InChI=1S/C13H18/c1-2-6-11-8-5-9-12-7-3-4-10-13(11)12/h4-5,9-11H,2-3,6-8H2,1H3. The highest BCUT2D eigenvalue weighted by Gasteiger charge is 2.18. The van der Waals surface area contributed by atoms with E-state index in [2.05, 4.69) is 31.2 Å². The number of allylic oxidation sites excluding steroid dienone is 6. The molecule has 1 atom stereocenters. The van der Waals surface area contributed by atoms with E-state index in [0.29, 0.717) is 0 Å². The van der Waals surface area contributed by atoms with Crippen molar-refractivity contribution < 1.29 is 0 Å². The summed E-state index contributed by atoms with van der Waals surface area (Å²) in [5.41, 5.74) is 3.24. The fourth-order valence-corrected chi connectivity index (χ4v) is 2.40. The molecule has 13 heavy (non-hydrogen) atoms. The molecule has 0 saturated heterocycles. The summed E-state index contributed by atoms with van der Waals surface area (Å²) < 4.78 is 0. The first kappa shape index (κ1) is 8.80. The van der Waals surface area contributed by atoms with Gasteiger partial charge >= 0.3 is 0 Å². The van der Waals surface area contributed by atoms with Crippen molar-refractivity contribution in [1.82, 2.24) is 0 Å². The summed E-state index contributed by atoms with van der Waals surface area (Å²) in [4.78, 5) is 0. The summed E-state index contributed by atoms with van der Waals surface area (Å²) in [5.74, 6) is 0.821. The normalized spacial score (nSPS) is 26.4. The van der Waals surface area contributed by atoms with Gasteiger partial charge in [0.1, 0.15) is 0 Å². The van der Waals surface area contributed by atoms with Gasteiger partial charge in [0.05, 0.1) is 0 Å². The molecule has 0 aromatic heterocycles. The second-order valence-corrected chi connectivity index (χ2v) is 4.05. The van der Waals surface area contributed by atoms with Crippen molar-refractivity contribution in [1.29, 1.82) is 0 Å². The molecule has 0 aliphatic heterocycles. The summed E-state index contributed by atoms with van der Waals surface area (Å²) >= 11 is 0. The van der Waals surface area contributed by atoms with E-state index in [1.807, 2.05) is 0 Å². The maximum absolute atomic E-state index is 2.36. The summed E-state index contributed by atoms with van der Waals surface area (Å²) in [6.07, 6.45) is 15.8. The van der Waals surface area contributed by atoms with Crippen molar-refractivity contribution in [2.75, 3.05) is 0 Å². The van der Waals surface area contributed by atoms with E-state index in [1.165, 1.54) is 32.1 Å². The molecule has 2 aliphatic rings. The van der Waals surface area contributed by atoms with Crippen LogP contribution in [0.3, 0.4) is 0 Å². The summed E-state index contributed by atoms with van der Waals surface area (Å²) in [5, 5.41) is 0. The van der Waals surface area contributed by atoms with E-state index in [4.69, 9.17) is 0 Å². The molecular weight excluding hydrogens is 156 g/mol. The number of rotatable bonds is 2. The van der Waals surface area contributed by atoms with Crippen molar-refractivity contribution in [3.8, 4) is 0 Å².